The normalized spacial score (nSPS) is 15.1. The van der Waals surface area contributed by atoms with Crippen LogP contribution in [0.1, 0.15) is 43.5 Å². The first-order chi connectivity index (χ1) is 19.3. The molecule has 0 saturated heterocycles. The van der Waals surface area contributed by atoms with Gasteiger partial charge in [0.25, 0.3) is 5.56 Å². The number of carbonyl (C=O) groups excluding carboxylic acids is 1. The van der Waals surface area contributed by atoms with E-state index in [-0.39, 0.29) is 11.7 Å². The Kier molecular flexibility index (Phi) is 8.38. The van der Waals surface area contributed by atoms with Crippen LogP contribution < -0.4 is 19.6 Å². The summed E-state index contributed by atoms with van der Waals surface area (Å²) in [5.74, 6) is 0.249. The molecular formula is C32H30N2O4S2. The van der Waals surface area contributed by atoms with Gasteiger partial charge < -0.3 is 9.47 Å². The van der Waals surface area contributed by atoms with Crippen LogP contribution in [0.4, 0.5) is 0 Å². The molecule has 0 radical (unpaired) electrons. The maximum Gasteiger partial charge on any atom is 0.338 e. The van der Waals surface area contributed by atoms with Gasteiger partial charge in [0, 0.05) is 4.90 Å². The van der Waals surface area contributed by atoms with Crippen molar-refractivity contribution >= 4 is 35.1 Å². The lowest BCUT2D eigenvalue weighted by Crippen LogP contribution is -2.40. The Morgan fingerprint density at radius 2 is 1.82 bits per heavy atom. The molecule has 0 saturated carbocycles. The molecule has 6 nitrogen and oxygen atoms in total. The number of benzene rings is 3. The summed E-state index contributed by atoms with van der Waals surface area (Å²) in [5.41, 5.74) is 3.46. The summed E-state index contributed by atoms with van der Waals surface area (Å²) in [4.78, 5) is 33.5. The van der Waals surface area contributed by atoms with E-state index in [1.165, 1.54) is 11.3 Å². The maximum absolute atomic E-state index is 13.9. The van der Waals surface area contributed by atoms with Crippen LogP contribution in [0.2, 0.25) is 0 Å². The minimum absolute atomic E-state index is 0.208. The van der Waals surface area contributed by atoms with Gasteiger partial charge in [-0.15, -0.1) is 11.8 Å². The number of aromatic nitrogens is 1. The molecule has 0 aliphatic carbocycles. The lowest BCUT2D eigenvalue weighted by molar-refractivity contribution is -0.143. The highest BCUT2D eigenvalue weighted by Crippen LogP contribution is 2.32. The van der Waals surface area contributed by atoms with Crippen molar-refractivity contribution in [3.8, 4) is 5.75 Å². The van der Waals surface area contributed by atoms with Crippen LogP contribution >= 0.6 is 23.1 Å². The number of nitrogens with zero attached hydrogens (tertiary/aromatic N) is 2. The van der Waals surface area contributed by atoms with Crippen molar-refractivity contribution in [3.63, 3.8) is 0 Å². The van der Waals surface area contributed by atoms with Crippen LogP contribution in [0, 0.1) is 0 Å². The second-order valence-electron chi connectivity index (χ2n) is 9.66. The second kappa shape index (κ2) is 12.1. The van der Waals surface area contributed by atoms with Crippen molar-refractivity contribution in [2.75, 3.05) is 6.26 Å². The van der Waals surface area contributed by atoms with Crippen LogP contribution in [0.5, 0.6) is 5.75 Å². The van der Waals surface area contributed by atoms with Gasteiger partial charge in [-0.25, -0.2) is 9.79 Å². The van der Waals surface area contributed by atoms with Gasteiger partial charge in [-0.2, -0.15) is 0 Å². The van der Waals surface area contributed by atoms with E-state index in [1.54, 1.807) is 23.3 Å². The fourth-order valence-corrected chi connectivity index (χ4v) is 6.00. The van der Waals surface area contributed by atoms with Gasteiger partial charge in [0.15, 0.2) is 4.80 Å². The number of thioether (sulfide) groups is 1. The second-order valence-corrected chi connectivity index (χ2v) is 11.5. The van der Waals surface area contributed by atoms with Crippen molar-refractivity contribution in [3.05, 3.63) is 127 Å². The Morgan fingerprint density at radius 1 is 1.07 bits per heavy atom. The zero-order chi connectivity index (χ0) is 28.2. The minimum atomic E-state index is -0.638. The van der Waals surface area contributed by atoms with Crippen molar-refractivity contribution in [1.82, 2.24) is 4.57 Å². The van der Waals surface area contributed by atoms with Gasteiger partial charge in [-0.1, -0.05) is 65.9 Å². The Labute approximate surface area is 241 Å². The van der Waals surface area contributed by atoms with E-state index >= 15 is 0 Å². The van der Waals surface area contributed by atoms with Crippen molar-refractivity contribution in [1.29, 1.82) is 0 Å². The van der Waals surface area contributed by atoms with Gasteiger partial charge in [-0.05, 0) is 74.1 Å². The van der Waals surface area contributed by atoms with Gasteiger partial charge in [0.1, 0.15) is 12.4 Å². The fraction of sp³-hybridized carbons (Fsp3) is 0.219. The van der Waals surface area contributed by atoms with Crippen LogP contribution in [-0.4, -0.2) is 22.9 Å². The topological polar surface area (TPSA) is 69.9 Å². The summed E-state index contributed by atoms with van der Waals surface area (Å²) in [7, 11) is 0. The number of carbonyl (C=O) groups is 1. The summed E-state index contributed by atoms with van der Waals surface area (Å²) in [5, 5.41) is 0. The quantitative estimate of drug-likeness (QED) is 0.207. The highest BCUT2D eigenvalue weighted by Gasteiger charge is 2.33. The number of thiazole rings is 1. The standard InChI is InChI=1S/C32H30N2O4S2/c1-20(2)38-31(36)28-21(3)33-32-34(29(28)24-13-15-26(39-4)16-14-24)30(35)27(40-32)18-23-11-8-12-25(17-23)37-19-22-9-6-5-7-10-22/h5-18,20,29H,19H2,1-4H3/b27-18+/t29-/m0/s1. The van der Waals surface area contributed by atoms with Crippen LogP contribution in [-0.2, 0) is 16.1 Å². The van der Waals surface area contributed by atoms with Crippen molar-refractivity contribution in [2.45, 2.75) is 44.4 Å². The summed E-state index contributed by atoms with van der Waals surface area (Å²) in [6.45, 7) is 5.87. The number of esters is 1. The molecule has 1 aromatic heterocycles. The van der Waals surface area contributed by atoms with Crippen LogP contribution in [0.25, 0.3) is 6.08 Å². The lowest BCUT2D eigenvalue weighted by Gasteiger charge is -2.25. The summed E-state index contributed by atoms with van der Waals surface area (Å²) in [6, 6.07) is 24.9. The molecule has 1 atom stereocenters. The Morgan fingerprint density at radius 3 is 2.52 bits per heavy atom. The molecular weight excluding hydrogens is 540 g/mol. The minimum Gasteiger partial charge on any atom is -0.489 e. The first-order valence-electron chi connectivity index (χ1n) is 13.0. The molecule has 4 aromatic rings. The Bertz CT molecular complexity index is 1740. The van der Waals surface area contributed by atoms with E-state index in [9.17, 15) is 9.59 Å². The number of rotatable bonds is 8. The van der Waals surface area contributed by atoms with E-state index < -0.39 is 12.0 Å². The first kappa shape index (κ1) is 27.7. The van der Waals surface area contributed by atoms with E-state index in [4.69, 9.17) is 9.47 Å². The molecule has 5 rings (SSSR count). The molecule has 3 aromatic carbocycles. The number of ether oxygens (including phenoxy) is 2. The molecule has 0 unspecified atom stereocenters. The Balaban J connectivity index is 1.56. The largest absolute Gasteiger partial charge is 0.489 e. The molecule has 8 heteroatoms. The fourth-order valence-electron chi connectivity index (χ4n) is 4.55. The van der Waals surface area contributed by atoms with Gasteiger partial charge in [-0.3, -0.25) is 9.36 Å². The molecule has 0 amide bonds. The smallest absolute Gasteiger partial charge is 0.338 e. The highest BCUT2D eigenvalue weighted by molar-refractivity contribution is 7.98. The molecule has 0 N–H and O–H groups in total. The third kappa shape index (κ3) is 5.98. The number of hydrogen-bond donors (Lipinski definition) is 0. The molecule has 2 heterocycles. The number of hydrogen-bond acceptors (Lipinski definition) is 7. The average molecular weight is 571 g/mol. The van der Waals surface area contributed by atoms with Crippen LogP contribution in [0.15, 0.2) is 105 Å². The average Bonchev–Trinajstić information content (AvgIpc) is 3.25. The maximum atomic E-state index is 13.9. The summed E-state index contributed by atoms with van der Waals surface area (Å²) < 4.78 is 13.7. The number of allylic oxidation sites excluding steroid dienone is 1. The van der Waals surface area contributed by atoms with E-state index in [0.29, 0.717) is 33.0 Å². The SMILES string of the molecule is CSc1ccc([C@H]2C(C(=O)OC(C)C)=C(C)N=c3s/c(=C/c4cccc(OCc5ccccc5)c4)c(=O)n32)cc1. The molecule has 1 aliphatic heterocycles. The monoisotopic (exact) mass is 570 g/mol. The molecule has 0 fully saturated rings. The van der Waals surface area contributed by atoms with E-state index in [2.05, 4.69) is 4.99 Å². The highest BCUT2D eigenvalue weighted by atomic mass is 32.2. The molecule has 0 spiro atoms. The third-order valence-electron chi connectivity index (χ3n) is 6.42. The number of fused-ring (bicyclic) bond motifs is 1. The van der Waals surface area contributed by atoms with Crippen molar-refractivity contribution < 1.29 is 14.3 Å². The van der Waals surface area contributed by atoms with Gasteiger partial charge >= 0.3 is 5.97 Å². The van der Waals surface area contributed by atoms with E-state index in [1.807, 2.05) is 105 Å². The predicted molar refractivity (Wildman–Crippen MR) is 160 cm³/mol. The van der Waals surface area contributed by atoms with Crippen molar-refractivity contribution in [2.24, 2.45) is 4.99 Å². The summed E-state index contributed by atoms with van der Waals surface area (Å²) in [6.07, 6.45) is 3.56. The molecule has 0 bridgehead atoms. The molecule has 1 aliphatic rings. The van der Waals surface area contributed by atoms with Crippen LogP contribution in [0.3, 0.4) is 0 Å². The Hall–Kier alpha value is -3.88. The lowest BCUT2D eigenvalue weighted by atomic mass is 9.96. The molecule has 40 heavy (non-hydrogen) atoms. The van der Waals surface area contributed by atoms with E-state index in [0.717, 1.165) is 21.6 Å². The third-order valence-corrected chi connectivity index (χ3v) is 8.15. The molecule has 204 valence electrons. The zero-order valence-electron chi connectivity index (χ0n) is 22.8. The predicted octanol–water partition coefficient (Wildman–Crippen LogP) is 5.49. The summed E-state index contributed by atoms with van der Waals surface area (Å²) >= 11 is 2.94. The first-order valence-corrected chi connectivity index (χ1v) is 15.0. The van der Waals surface area contributed by atoms with Gasteiger partial charge in [0.05, 0.1) is 27.9 Å². The van der Waals surface area contributed by atoms with Gasteiger partial charge in [0.2, 0.25) is 0 Å². The zero-order valence-corrected chi connectivity index (χ0v) is 24.4.